The molecular weight excluding hydrogens is 288 g/mol. The molecule has 0 aromatic rings. The van der Waals surface area contributed by atoms with Gasteiger partial charge in [0.05, 0.1) is 26.4 Å². The molecule has 0 spiro atoms. The first-order valence-corrected chi connectivity index (χ1v) is 7.88. The van der Waals surface area contributed by atoms with Crippen LogP contribution in [0.5, 0.6) is 0 Å². The summed E-state index contributed by atoms with van der Waals surface area (Å²) < 4.78 is 15.8. The van der Waals surface area contributed by atoms with Gasteiger partial charge in [-0.1, -0.05) is 0 Å². The first-order chi connectivity index (χ1) is 10.6. The van der Waals surface area contributed by atoms with Gasteiger partial charge in [-0.3, -0.25) is 4.79 Å². The van der Waals surface area contributed by atoms with Gasteiger partial charge in [0, 0.05) is 26.6 Å². The van der Waals surface area contributed by atoms with E-state index in [1.807, 2.05) is 0 Å². The van der Waals surface area contributed by atoms with Crippen LogP contribution in [0.15, 0.2) is 0 Å². The van der Waals surface area contributed by atoms with E-state index in [0.29, 0.717) is 44.8 Å². The van der Waals surface area contributed by atoms with Gasteiger partial charge in [0.15, 0.2) is 0 Å². The lowest BCUT2D eigenvalue weighted by Gasteiger charge is -2.29. The number of amides is 1. The summed E-state index contributed by atoms with van der Waals surface area (Å²) in [7, 11) is 0. The lowest BCUT2D eigenvalue weighted by molar-refractivity contribution is -0.149. The summed E-state index contributed by atoms with van der Waals surface area (Å²) in [6.45, 7) is 7.77. The van der Waals surface area contributed by atoms with Crippen molar-refractivity contribution in [2.75, 3.05) is 52.7 Å². The van der Waals surface area contributed by atoms with Crippen LogP contribution in [0.1, 0.15) is 20.3 Å². The zero-order valence-corrected chi connectivity index (χ0v) is 13.6. The van der Waals surface area contributed by atoms with Gasteiger partial charge in [0.25, 0.3) is 0 Å². The van der Waals surface area contributed by atoms with Crippen LogP contribution in [-0.2, 0) is 23.8 Å². The highest BCUT2D eigenvalue weighted by molar-refractivity contribution is 5.72. The smallest absolute Gasteiger partial charge is 0.332 e. The van der Waals surface area contributed by atoms with Crippen molar-refractivity contribution in [2.24, 2.45) is 11.8 Å². The Labute approximate surface area is 132 Å². The van der Waals surface area contributed by atoms with E-state index in [1.54, 1.807) is 6.92 Å². The van der Waals surface area contributed by atoms with Crippen molar-refractivity contribution in [3.63, 3.8) is 0 Å². The molecule has 2 unspecified atom stereocenters. The normalized spacial score (nSPS) is 21.4. The summed E-state index contributed by atoms with van der Waals surface area (Å²) >= 11 is 0. The second-order valence-electron chi connectivity index (χ2n) is 5.50. The maximum absolute atomic E-state index is 11.2. The number of carbonyl (C=O) groups is 2. The average molecular weight is 316 g/mol. The second-order valence-corrected chi connectivity index (χ2v) is 5.50. The van der Waals surface area contributed by atoms with E-state index >= 15 is 0 Å². The van der Waals surface area contributed by atoms with Crippen LogP contribution >= 0.6 is 0 Å². The Hall–Kier alpha value is -1.18. The molecule has 0 radical (unpaired) electrons. The molecule has 7 heteroatoms. The van der Waals surface area contributed by atoms with Crippen molar-refractivity contribution in [1.29, 1.82) is 0 Å². The third-order valence-electron chi connectivity index (χ3n) is 3.39. The SMILES string of the molecule is CCOC(=O)COCC1CNCC(COCCNC(C)=O)C1. The van der Waals surface area contributed by atoms with Gasteiger partial charge in [-0.05, 0) is 25.2 Å². The molecule has 0 bridgehead atoms. The van der Waals surface area contributed by atoms with Crippen molar-refractivity contribution < 1.29 is 23.8 Å². The Bertz CT molecular complexity index is 338. The number of hydrogen-bond acceptors (Lipinski definition) is 6. The monoisotopic (exact) mass is 316 g/mol. The minimum absolute atomic E-state index is 0.0161. The topological polar surface area (TPSA) is 85.9 Å². The van der Waals surface area contributed by atoms with E-state index in [-0.39, 0.29) is 18.5 Å². The highest BCUT2D eigenvalue weighted by Crippen LogP contribution is 2.17. The number of carbonyl (C=O) groups excluding carboxylic acids is 2. The molecule has 0 aliphatic carbocycles. The Kier molecular flexibility index (Phi) is 9.77. The van der Waals surface area contributed by atoms with E-state index in [0.717, 1.165) is 19.5 Å². The van der Waals surface area contributed by atoms with Crippen LogP contribution < -0.4 is 10.6 Å². The molecule has 22 heavy (non-hydrogen) atoms. The third kappa shape index (κ3) is 8.96. The molecule has 1 heterocycles. The standard InChI is InChI=1S/C15H28N2O5/c1-3-22-15(19)11-21-10-14-6-13(7-16-8-14)9-20-5-4-17-12(2)18/h13-14,16H,3-11H2,1-2H3,(H,17,18). The van der Waals surface area contributed by atoms with Crippen molar-refractivity contribution in [1.82, 2.24) is 10.6 Å². The Morgan fingerprint density at radius 3 is 2.50 bits per heavy atom. The fraction of sp³-hybridized carbons (Fsp3) is 0.867. The van der Waals surface area contributed by atoms with Crippen molar-refractivity contribution in [3.05, 3.63) is 0 Å². The molecule has 2 N–H and O–H groups in total. The summed E-state index contributed by atoms with van der Waals surface area (Å²) in [5, 5.41) is 6.06. The first kappa shape index (κ1) is 18.9. The molecule has 0 saturated carbocycles. The zero-order chi connectivity index (χ0) is 16.2. The van der Waals surface area contributed by atoms with Gasteiger partial charge < -0.3 is 24.8 Å². The summed E-state index contributed by atoms with van der Waals surface area (Å²) in [5.41, 5.74) is 0. The quantitative estimate of drug-likeness (QED) is 0.434. The third-order valence-corrected chi connectivity index (χ3v) is 3.39. The molecule has 1 rings (SSSR count). The number of hydrogen-bond donors (Lipinski definition) is 2. The zero-order valence-electron chi connectivity index (χ0n) is 13.6. The molecule has 128 valence electrons. The number of nitrogens with one attached hydrogen (secondary N) is 2. The summed E-state index contributed by atoms with van der Waals surface area (Å²) in [6.07, 6.45) is 1.01. The van der Waals surface area contributed by atoms with Gasteiger partial charge in [0.2, 0.25) is 5.91 Å². The van der Waals surface area contributed by atoms with Gasteiger partial charge in [-0.25, -0.2) is 4.79 Å². The number of rotatable bonds is 10. The molecule has 1 aliphatic heterocycles. The van der Waals surface area contributed by atoms with E-state index in [2.05, 4.69) is 10.6 Å². The molecule has 1 fully saturated rings. The molecular formula is C15H28N2O5. The van der Waals surface area contributed by atoms with Crippen LogP contribution in [0.2, 0.25) is 0 Å². The van der Waals surface area contributed by atoms with Crippen LogP contribution in [0.25, 0.3) is 0 Å². The molecule has 1 saturated heterocycles. The predicted octanol–water partition coefficient (Wildman–Crippen LogP) is -0.0555. The Morgan fingerprint density at radius 1 is 1.18 bits per heavy atom. The van der Waals surface area contributed by atoms with Gasteiger partial charge in [-0.2, -0.15) is 0 Å². The average Bonchev–Trinajstić information content (AvgIpc) is 2.47. The second kappa shape index (κ2) is 11.4. The van der Waals surface area contributed by atoms with E-state index in [1.165, 1.54) is 6.92 Å². The largest absolute Gasteiger partial charge is 0.464 e. The van der Waals surface area contributed by atoms with Crippen LogP contribution in [0, 0.1) is 11.8 Å². The van der Waals surface area contributed by atoms with Crippen molar-refractivity contribution in [3.8, 4) is 0 Å². The summed E-state index contributed by atoms with van der Waals surface area (Å²) in [6, 6.07) is 0. The fourth-order valence-electron chi connectivity index (χ4n) is 2.44. The lowest BCUT2D eigenvalue weighted by Crippen LogP contribution is -2.40. The predicted molar refractivity (Wildman–Crippen MR) is 81.4 cm³/mol. The van der Waals surface area contributed by atoms with E-state index in [9.17, 15) is 9.59 Å². The summed E-state index contributed by atoms with van der Waals surface area (Å²) in [5.74, 6) is 0.459. The number of ether oxygens (including phenoxy) is 3. The van der Waals surface area contributed by atoms with Gasteiger partial charge in [0.1, 0.15) is 6.61 Å². The minimum atomic E-state index is -0.316. The summed E-state index contributed by atoms with van der Waals surface area (Å²) in [4.78, 5) is 21.9. The highest BCUT2D eigenvalue weighted by atomic mass is 16.6. The van der Waals surface area contributed by atoms with Gasteiger partial charge in [-0.15, -0.1) is 0 Å². The molecule has 1 aliphatic rings. The van der Waals surface area contributed by atoms with Crippen LogP contribution in [0.4, 0.5) is 0 Å². The van der Waals surface area contributed by atoms with Crippen molar-refractivity contribution in [2.45, 2.75) is 20.3 Å². The van der Waals surface area contributed by atoms with E-state index in [4.69, 9.17) is 14.2 Å². The first-order valence-electron chi connectivity index (χ1n) is 7.88. The maximum Gasteiger partial charge on any atom is 0.332 e. The minimum Gasteiger partial charge on any atom is -0.464 e. The Morgan fingerprint density at radius 2 is 1.86 bits per heavy atom. The van der Waals surface area contributed by atoms with Crippen molar-refractivity contribution >= 4 is 11.9 Å². The lowest BCUT2D eigenvalue weighted by atomic mass is 9.91. The molecule has 0 aromatic heterocycles. The maximum atomic E-state index is 11.2. The van der Waals surface area contributed by atoms with E-state index < -0.39 is 0 Å². The number of esters is 1. The molecule has 0 aromatic carbocycles. The molecule has 2 atom stereocenters. The van der Waals surface area contributed by atoms with Gasteiger partial charge >= 0.3 is 5.97 Å². The molecule has 7 nitrogen and oxygen atoms in total. The van der Waals surface area contributed by atoms with Crippen LogP contribution in [-0.4, -0.2) is 64.5 Å². The number of piperidine rings is 1. The Balaban J connectivity index is 2.08. The molecule has 1 amide bonds. The fourth-order valence-corrected chi connectivity index (χ4v) is 2.44. The highest BCUT2D eigenvalue weighted by Gasteiger charge is 2.22. The van der Waals surface area contributed by atoms with Crippen LogP contribution in [0.3, 0.4) is 0 Å².